The maximum Gasteiger partial charge on any atom is 0.223 e. The Bertz CT molecular complexity index is 725. The van der Waals surface area contributed by atoms with Gasteiger partial charge in [0.2, 0.25) is 5.95 Å². The monoisotopic (exact) mass is 357 g/mol. The molecule has 0 amide bonds. The van der Waals surface area contributed by atoms with Crippen LogP contribution in [-0.2, 0) is 4.74 Å². The maximum atomic E-state index is 9.63. The predicted octanol–water partition coefficient (Wildman–Crippen LogP) is 3.15. The van der Waals surface area contributed by atoms with E-state index >= 15 is 0 Å². The van der Waals surface area contributed by atoms with E-state index in [2.05, 4.69) is 15.3 Å². The van der Waals surface area contributed by atoms with E-state index in [0.29, 0.717) is 17.9 Å². The lowest BCUT2D eigenvalue weighted by Gasteiger charge is -2.26. The molecule has 1 aliphatic carbocycles. The molecule has 1 aliphatic heterocycles. The first-order chi connectivity index (χ1) is 12.8. The Hall–Kier alpha value is -1.92. The molecule has 0 radical (unpaired) electrons. The summed E-state index contributed by atoms with van der Waals surface area (Å²) in [5.74, 6) is 2.08. The number of aliphatic hydroxyl groups excluding tert-OH is 1. The Kier molecular flexibility index (Phi) is 5.51. The van der Waals surface area contributed by atoms with E-state index in [1.54, 1.807) is 0 Å². The van der Waals surface area contributed by atoms with Gasteiger partial charge in [-0.3, -0.25) is 0 Å². The first-order valence-corrected chi connectivity index (χ1v) is 9.68. The standard InChI is InChI=1S/C20H27N3O3/c24-17-4-2-16(3-5-17)22-20-21-12-15-1-6-18(11-19(15)23-20)26-13-14-7-9-25-10-8-14/h1,6,11-12,14,16-17,24H,2-5,7-10,13H2,(H,21,22,23)/t16-,17-. The second-order valence-electron chi connectivity index (χ2n) is 7.43. The maximum absolute atomic E-state index is 9.63. The van der Waals surface area contributed by atoms with Crippen LogP contribution in [0.15, 0.2) is 24.4 Å². The number of aromatic nitrogens is 2. The molecule has 6 nitrogen and oxygen atoms in total. The lowest BCUT2D eigenvalue weighted by Crippen LogP contribution is -2.28. The number of nitrogens with zero attached hydrogens (tertiary/aromatic N) is 2. The van der Waals surface area contributed by atoms with Crippen molar-refractivity contribution in [1.82, 2.24) is 9.97 Å². The summed E-state index contributed by atoms with van der Waals surface area (Å²) >= 11 is 0. The molecule has 0 spiro atoms. The summed E-state index contributed by atoms with van der Waals surface area (Å²) in [7, 11) is 0. The number of anilines is 1. The molecule has 6 heteroatoms. The van der Waals surface area contributed by atoms with E-state index in [0.717, 1.165) is 75.0 Å². The Morgan fingerprint density at radius 1 is 1.12 bits per heavy atom. The van der Waals surface area contributed by atoms with E-state index in [-0.39, 0.29) is 6.10 Å². The van der Waals surface area contributed by atoms with Crippen molar-refractivity contribution in [2.75, 3.05) is 25.1 Å². The molecule has 1 saturated carbocycles. The zero-order valence-corrected chi connectivity index (χ0v) is 15.1. The molecule has 1 saturated heterocycles. The van der Waals surface area contributed by atoms with Crippen LogP contribution in [0.25, 0.3) is 10.9 Å². The SMILES string of the molecule is O[C@H]1CC[C@H](Nc2ncc3ccc(OCC4CCOCC4)cc3n2)CC1. The van der Waals surface area contributed by atoms with Crippen molar-refractivity contribution in [3.05, 3.63) is 24.4 Å². The molecule has 4 rings (SSSR count). The molecular weight excluding hydrogens is 330 g/mol. The normalized spacial score (nSPS) is 24.5. The number of benzene rings is 1. The van der Waals surface area contributed by atoms with E-state index in [4.69, 9.17) is 9.47 Å². The third-order valence-electron chi connectivity index (χ3n) is 5.41. The van der Waals surface area contributed by atoms with Crippen molar-refractivity contribution in [2.24, 2.45) is 5.92 Å². The third-order valence-corrected chi connectivity index (χ3v) is 5.41. The summed E-state index contributed by atoms with van der Waals surface area (Å²) < 4.78 is 11.4. The second kappa shape index (κ2) is 8.18. The van der Waals surface area contributed by atoms with Gasteiger partial charge in [-0.2, -0.15) is 0 Å². The van der Waals surface area contributed by atoms with Crippen molar-refractivity contribution in [1.29, 1.82) is 0 Å². The fourth-order valence-corrected chi connectivity index (χ4v) is 3.69. The van der Waals surface area contributed by atoms with Gasteiger partial charge in [-0.15, -0.1) is 0 Å². The molecule has 26 heavy (non-hydrogen) atoms. The lowest BCUT2D eigenvalue weighted by atomic mass is 9.93. The van der Waals surface area contributed by atoms with Crippen molar-refractivity contribution in [2.45, 2.75) is 50.7 Å². The number of aliphatic hydroxyl groups is 1. The van der Waals surface area contributed by atoms with Gasteiger partial charge in [-0.1, -0.05) is 0 Å². The highest BCUT2D eigenvalue weighted by Crippen LogP contribution is 2.24. The number of ether oxygens (including phenoxy) is 2. The number of fused-ring (bicyclic) bond motifs is 1. The van der Waals surface area contributed by atoms with Gasteiger partial charge in [-0.05, 0) is 56.6 Å². The van der Waals surface area contributed by atoms with Crippen molar-refractivity contribution in [3.63, 3.8) is 0 Å². The average molecular weight is 357 g/mol. The first-order valence-electron chi connectivity index (χ1n) is 9.68. The highest BCUT2D eigenvalue weighted by atomic mass is 16.5. The quantitative estimate of drug-likeness (QED) is 0.856. The van der Waals surface area contributed by atoms with Crippen LogP contribution in [0.4, 0.5) is 5.95 Å². The van der Waals surface area contributed by atoms with Crippen LogP contribution >= 0.6 is 0 Å². The Balaban J connectivity index is 1.40. The van der Waals surface area contributed by atoms with E-state index in [1.165, 1.54) is 0 Å². The summed E-state index contributed by atoms with van der Waals surface area (Å²) in [6, 6.07) is 6.33. The molecular formula is C20H27N3O3. The Morgan fingerprint density at radius 3 is 2.73 bits per heavy atom. The number of hydrogen-bond donors (Lipinski definition) is 2. The highest BCUT2D eigenvalue weighted by molar-refractivity contribution is 5.80. The lowest BCUT2D eigenvalue weighted by molar-refractivity contribution is 0.0498. The van der Waals surface area contributed by atoms with Crippen molar-refractivity contribution >= 4 is 16.9 Å². The predicted molar refractivity (Wildman–Crippen MR) is 100 cm³/mol. The topological polar surface area (TPSA) is 76.5 Å². The molecule has 140 valence electrons. The highest BCUT2D eigenvalue weighted by Gasteiger charge is 2.20. The smallest absolute Gasteiger partial charge is 0.223 e. The van der Waals surface area contributed by atoms with Crippen molar-refractivity contribution in [3.8, 4) is 5.75 Å². The molecule has 0 bridgehead atoms. The minimum atomic E-state index is -0.152. The van der Waals surface area contributed by atoms with E-state index in [1.807, 2.05) is 24.4 Å². The van der Waals surface area contributed by atoms with E-state index < -0.39 is 0 Å². The minimum absolute atomic E-state index is 0.152. The van der Waals surface area contributed by atoms with Gasteiger partial charge in [-0.25, -0.2) is 9.97 Å². The van der Waals surface area contributed by atoms with Gasteiger partial charge in [0.1, 0.15) is 5.75 Å². The second-order valence-corrected chi connectivity index (χ2v) is 7.43. The van der Waals surface area contributed by atoms with Gasteiger partial charge in [0, 0.05) is 36.9 Å². The molecule has 2 fully saturated rings. The summed E-state index contributed by atoms with van der Waals surface area (Å²) in [6.45, 7) is 2.41. The van der Waals surface area contributed by atoms with E-state index in [9.17, 15) is 5.11 Å². The zero-order chi connectivity index (χ0) is 17.8. The molecule has 1 aromatic heterocycles. The van der Waals surface area contributed by atoms with Gasteiger partial charge >= 0.3 is 0 Å². The summed E-state index contributed by atoms with van der Waals surface area (Å²) in [4.78, 5) is 9.09. The summed E-state index contributed by atoms with van der Waals surface area (Å²) in [5.41, 5.74) is 0.892. The fourth-order valence-electron chi connectivity index (χ4n) is 3.69. The molecule has 2 aromatic rings. The van der Waals surface area contributed by atoms with Gasteiger partial charge < -0.3 is 19.9 Å². The molecule has 1 aromatic carbocycles. The number of hydrogen-bond acceptors (Lipinski definition) is 6. The Labute approximate surface area is 153 Å². The molecule has 2 aliphatic rings. The fraction of sp³-hybridized carbons (Fsp3) is 0.600. The van der Waals surface area contributed by atoms with Crippen LogP contribution in [0.2, 0.25) is 0 Å². The minimum Gasteiger partial charge on any atom is -0.493 e. The summed E-state index contributed by atoms with van der Waals surface area (Å²) in [5, 5.41) is 14.0. The summed E-state index contributed by atoms with van der Waals surface area (Å²) in [6.07, 6.45) is 7.43. The van der Waals surface area contributed by atoms with Gasteiger partial charge in [0.15, 0.2) is 0 Å². The third kappa shape index (κ3) is 4.43. The average Bonchev–Trinajstić information content (AvgIpc) is 2.69. The van der Waals surface area contributed by atoms with Crippen LogP contribution in [0.3, 0.4) is 0 Å². The molecule has 2 N–H and O–H groups in total. The largest absolute Gasteiger partial charge is 0.493 e. The Morgan fingerprint density at radius 2 is 1.92 bits per heavy atom. The molecule has 0 atom stereocenters. The van der Waals surface area contributed by atoms with Crippen LogP contribution in [0.5, 0.6) is 5.75 Å². The van der Waals surface area contributed by atoms with Crippen LogP contribution < -0.4 is 10.1 Å². The van der Waals surface area contributed by atoms with Crippen molar-refractivity contribution < 1.29 is 14.6 Å². The molecule has 0 unspecified atom stereocenters. The first kappa shape index (κ1) is 17.5. The van der Waals surface area contributed by atoms with Crippen LogP contribution in [0.1, 0.15) is 38.5 Å². The number of nitrogens with one attached hydrogen (secondary N) is 1. The number of rotatable bonds is 5. The van der Waals surface area contributed by atoms with Gasteiger partial charge in [0.05, 0.1) is 18.2 Å². The van der Waals surface area contributed by atoms with Crippen LogP contribution in [0, 0.1) is 5.92 Å². The molecule has 2 heterocycles. The van der Waals surface area contributed by atoms with Gasteiger partial charge in [0.25, 0.3) is 0 Å². The van der Waals surface area contributed by atoms with Crippen LogP contribution in [-0.4, -0.2) is 47.0 Å². The zero-order valence-electron chi connectivity index (χ0n) is 15.1.